The van der Waals surface area contributed by atoms with Gasteiger partial charge in [-0.05, 0) is 29.4 Å². The maximum atomic E-state index is 12.3. The summed E-state index contributed by atoms with van der Waals surface area (Å²) in [6.45, 7) is 4.65. The van der Waals surface area contributed by atoms with Crippen molar-refractivity contribution in [2.24, 2.45) is 0 Å². The van der Waals surface area contributed by atoms with Gasteiger partial charge in [-0.1, -0.05) is 38.1 Å². The smallest absolute Gasteiger partial charge is 0.229 e. The molecular formula is C19H24N2O3. The Morgan fingerprint density at radius 2 is 1.88 bits per heavy atom. The SMILES string of the molecule is CC1(C)CC[C@H](NC(=O)CCN2C(=O)CCC2=O)c2ccccc21. The minimum atomic E-state index is -0.169. The number of fused-ring (bicyclic) bond motifs is 1. The highest BCUT2D eigenvalue weighted by atomic mass is 16.2. The lowest BCUT2D eigenvalue weighted by molar-refractivity contribution is -0.138. The first kappa shape index (κ1) is 16.7. The van der Waals surface area contributed by atoms with E-state index in [2.05, 4.69) is 31.3 Å². The van der Waals surface area contributed by atoms with Crippen molar-refractivity contribution in [1.82, 2.24) is 10.2 Å². The number of hydrogen-bond acceptors (Lipinski definition) is 3. The number of amides is 3. The fraction of sp³-hybridized carbons (Fsp3) is 0.526. The third kappa shape index (κ3) is 3.21. The van der Waals surface area contributed by atoms with Gasteiger partial charge in [-0.15, -0.1) is 0 Å². The average Bonchev–Trinajstić information content (AvgIpc) is 2.87. The van der Waals surface area contributed by atoms with Crippen LogP contribution in [0.2, 0.25) is 0 Å². The zero-order valence-electron chi connectivity index (χ0n) is 14.3. The topological polar surface area (TPSA) is 66.5 Å². The summed E-state index contributed by atoms with van der Waals surface area (Å²) in [6, 6.07) is 8.26. The molecule has 2 aliphatic rings. The maximum Gasteiger partial charge on any atom is 0.229 e. The number of rotatable bonds is 4. The fourth-order valence-corrected chi connectivity index (χ4v) is 3.71. The molecule has 0 unspecified atom stereocenters. The first-order valence-electron chi connectivity index (χ1n) is 8.60. The van der Waals surface area contributed by atoms with Crippen molar-refractivity contribution >= 4 is 17.7 Å². The molecule has 1 aromatic rings. The number of carbonyl (C=O) groups is 3. The Morgan fingerprint density at radius 3 is 2.58 bits per heavy atom. The van der Waals surface area contributed by atoms with Gasteiger partial charge < -0.3 is 5.32 Å². The summed E-state index contributed by atoms with van der Waals surface area (Å²) in [4.78, 5) is 36.7. The third-order valence-corrected chi connectivity index (χ3v) is 5.18. The summed E-state index contributed by atoms with van der Waals surface area (Å²) in [5.41, 5.74) is 2.58. The van der Waals surface area contributed by atoms with Crippen molar-refractivity contribution in [2.45, 2.75) is 57.4 Å². The van der Waals surface area contributed by atoms with Crippen molar-refractivity contribution in [2.75, 3.05) is 6.54 Å². The van der Waals surface area contributed by atoms with Gasteiger partial charge in [0, 0.05) is 25.8 Å². The first-order chi connectivity index (χ1) is 11.4. The van der Waals surface area contributed by atoms with Gasteiger partial charge in [-0.25, -0.2) is 0 Å². The quantitative estimate of drug-likeness (QED) is 0.863. The Bertz CT molecular complexity index is 665. The number of nitrogens with zero attached hydrogens (tertiary/aromatic N) is 1. The lowest BCUT2D eigenvalue weighted by Gasteiger charge is -2.37. The van der Waals surface area contributed by atoms with Gasteiger partial charge in [-0.3, -0.25) is 19.3 Å². The second kappa shape index (κ2) is 6.38. The number of imide groups is 1. The Labute approximate surface area is 142 Å². The van der Waals surface area contributed by atoms with Crippen LogP contribution in [0.1, 0.15) is 63.1 Å². The largest absolute Gasteiger partial charge is 0.349 e. The second-order valence-corrected chi connectivity index (χ2v) is 7.32. The molecule has 0 bridgehead atoms. The van der Waals surface area contributed by atoms with Crippen LogP contribution in [0.3, 0.4) is 0 Å². The Balaban J connectivity index is 1.63. The molecule has 1 fully saturated rings. The molecule has 3 amide bonds. The molecule has 0 aromatic heterocycles. The van der Waals surface area contributed by atoms with Gasteiger partial charge in [0.2, 0.25) is 17.7 Å². The molecule has 24 heavy (non-hydrogen) atoms. The number of likely N-dealkylation sites (tertiary alicyclic amines) is 1. The molecule has 1 aliphatic carbocycles. The summed E-state index contributed by atoms with van der Waals surface area (Å²) < 4.78 is 0. The van der Waals surface area contributed by atoms with Crippen LogP contribution in [0.5, 0.6) is 0 Å². The van der Waals surface area contributed by atoms with E-state index in [0.717, 1.165) is 12.8 Å². The summed E-state index contributed by atoms with van der Waals surface area (Å²) in [5, 5.41) is 3.08. The highest BCUT2D eigenvalue weighted by molar-refractivity contribution is 6.02. The predicted octanol–water partition coefficient (Wildman–Crippen LogP) is 2.45. The normalized spacial score (nSPS) is 22.4. The van der Waals surface area contributed by atoms with Crippen LogP contribution >= 0.6 is 0 Å². The Morgan fingerprint density at radius 1 is 1.21 bits per heavy atom. The average molecular weight is 328 g/mol. The number of carbonyl (C=O) groups excluding carboxylic acids is 3. The molecule has 3 rings (SSSR count). The molecule has 1 atom stereocenters. The highest BCUT2D eigenvalue weighted by Crippen LogP contribution is 2.41. The third-order valence-electron chi connectivity index (χ3n) is 5.18. The van der Waals surface area contributed by atoms with Crippen molar-refractivity contribution in [3.8, 4) is 0 Å². The van der Waals surface area contributed by atoms with E-state index in [4.69, 9.17) is 0 Å². The van der Waals surface area contributed by atoms with Gasteiger partial charge in [-0.2, -0.15) is 0 Å². The Kier molecular flexibility index (Phi) is 4.43. The minimum absolute atomic E-state index is 0.00621. The lowest BCUT2D eigenvalue weighted by Crippen LogP contribution is -2.38. The van der Waals surface area contributed by atoms with Gasteiger partial charge in [0.25, 0.3) is 0 Å². The molecular weight excluding hydrogens is 304 g/mol. The standard InChI is InChI=1S/C19H24N2O3/c1-19(2)11-9-15(13-5-3-4-6-14(13)19)20-16(22)10-12-21-17(23)7-8-18(21)24/h3-6,15H,7-12H2,1-2H3,(H,20,22)/t15-/m0/s1. The van der Waals surface area contributed by atoms with Gasteiger partial charge >= 0.3 is 0 Å². The minimum Gasteiger partial charge on any atom is -0.349 e. The number of hydrogen-bond donors (Lipinski definition) is 1. The van der Waals surface area contributed by atoms with Crippen LogP contribution in [-0.2, 0) is 19.8 Å². The number of nitrogens with one attached hydrogen (secondary N) is 1. The van der Waals surface area contributed by atoms with Crippen LogP contribution in [0.4, 0.5) is 0 Å². The summed E-state index contributed by atoms with van der Waals surface area (Å²) in [6.07, 6.45) is 2.62. The van der Waals surface area contributed by atoms with Crippen LogP contribution in [0, 0.1) is 0 Å². The van der Waals surface area contributed by atoms with E-state index in [0.29, 0.717) is 0 Å². The lowest BCUT2D eigenvalue weighted by atomic mass is 9.71. The molecule has 0 radical (unpaired) electrons. The van der Waals surface area contributed by atoms with E-state index in [-0.39, 0.29) is 55.0 Å². The fourth-order valence-electron chi connectivity index (χ4n) is 3.71. The molecule has 5 nitrogen and oxygen atoms in total. The van der Waals surface area contributed by atoms with Crippen molar-refractivity contribution in [1.29, 1.82) is 0 Å². The summed E-state index contributed by atoms with van der Waals surface area (Å²) in [7, 11) is 0. The molecule has 1 heterocycles. The molecule has 1 N–H and O–H groups in total. The van der Waals surface area contributed by atoms with E-state index in [1.807, 2.05) is 12.1 Å². The maximum absolute atomic E-state index is 12.3. The van der Waals surface area contributed by atoms with Crippen molar-refractivity contribution < 1.29 is 14.4 Å². The molecule has 5 heteroatoms. The monoisotopic (exact) mass is 328 g/mol. The van der Waals surface area contributed by atoms with E-state index >= 15 is 0 Å². The van der Waals surface area contributed by atoms with E-state index in [1.165, 1.54) is 16.0 Å². The van der Waals surface area contributed by atoms with Crippen LogP contribution < -0.4 is 5.32 Å². The molecule has 1 aromatic carbocycles. The first-order valence-corrected chi connectivity index (χ1v) is 8.60. The zero-order chi connectivity index (χ0) is 17.3. The van der Waals surface area contributed by atoms with Gasteiger partial charge in [0.15, 0.2) is 0 Å². The van der Waals surface area contributed by atoms with Crippen molar-refractivity contribution in [3.05, 3.63) is 35.4 Å². The van der Waals surface area contributed by atoms with Crippen LogP contribution in [0.25, 0.3) is 0 Å². The van der Waals surface area contributed by atoms with Gasteiger partial charge in [0.1, 0.15) is 0 Å². The van der Waals surface area contributed by atoms with Crippen LogP contribution in [0.15, 0.2) is 24.3 Å². The molecule has 128 valence electrons. The molecule has 1 aliphatic heterocycles. The van der Waals surface area contributed by atoms with Gasteiger partial charge in [0.05, 0.1) is 6.04 Å². The Hall–Kier alpha value is -2.17. The summed E-state index contributed by atoms with van der Waals surface area (Å²) >= 11 is 0. The van der Waals surface area contributed by atoms with E-state index < -0.39 is 0 Å². The van der Waals surface area contributed by atoms with Crippen molar-refractivity contribution in [3.63, 3.8) is 0 Å². The zero-order valence-corrected chi connectivity index (χ0v) is 14.3. The predicted molar refractivity (Wildman–Crippen MR) is 90.2 cm³/mol. The van der Waals surface area contributed by atoms with E-state index in [9.17, 15) is 14.4 Å². The van der Waals surface area contributed by atoms with Crippen LogP contribution in [-0.4, -0.2) is 29.2 Å². The van der Waals surface area contributed by atoms with E-state index in [1.54, 1.807) is 0 Å². The summed E-state index contributed by atoms with van der Waals surface area (Å²) in [5.74, 6) is -0.447. The molecule has 0 saturated carbocycles. The molecule has 0 spiro atoms. The highest BCUT2D eigenvalue weighted by Gasteiger charge is 2.33. The second-order valence-electron chi connectivity index (χ2n) is 7.32. The molecule has 1 saturated heterocycles. The number of benzene rings is 1.